The molecule has 1 saturated heterocycles. The van der Waals surface area contributed by atoms with Gasteiger partial charge in [-0.05, 0) is 66.8 Å². The van der Waals surface area contributed by atoms with E-state index in [-0.39, 0.29) is 29.9 Å². The minimum atomic E-state index is -4.82. The van der Waals surface area contributed by atoms with Gasteiger partial charge in [-0.2, -0.15) is 13.2 Å². The van der Waals surface area contributed by atoms with E-state index in [9.17, 15) is 33.0 Å². The largest absolute Gasteiger partial charge is 0.493 e. The standard InChI is InChI=1S/C30H31F3N2O5/c1-18-12-23(40-11-9-20-6-4-3-5-7-20)13-19(2)28(18)29(39)34-25-14-21(15-27(37)38)26(16-24(25)30(31,32)33)35-10-8-22(36)17-35/h3-7,12-14,16,22,36H,8-11,15,17H2,1-2H3,(H,34,39)(H,37,38)/t22-/m1/s1. The quantitative estimate of drug-likeness (QED) is 0.327. The number of rotatable bonds is 9. The van der Waals surface area contributed by atoms with E-state index >= 15 is 0 Å². The van der Waals surface area contributed by atoms with E-state index in [0.717, 1.165) is 17.7 Å². The summed E-state index contributed by atoms with van der Waals surface area (Å²) < 4.78 is 48.3. The van der Waals surface area contributed by atoms with E-state index in [1.165, 1.54) is 4.90 Å². The SMILES string of the molecule is Cc1cc(OCCc2ccccc2)cc(C)c1C(=O)Nc1cc(CC(=O)O)c(N2CC[C@@H](O)C2)cc1C(F)(F)F. The molecule has 0 radical (unpaired) electrons. The minimum absolute atomic E-state index is 0.0774. The number of anilines is 2. The summed E-state index contributed by atoms with van der Waals surface area (Å²) in [5.41, 5.74) is 0.927. The lowest BCUT2D eigenvalue weighted by molar-refractivity contribution is -0.137. The lowest BCUT2D eigenvalue weighted by atomic mass is 9.99. The van der Waals surface area contributed by atoms with E-state index in [1.807, 2.05) is 30.3 Å². The fourth-order valence-electron chi connectivity index (χ4n) is 5.01. The van der Waals surface area contributed by atoms with E-state index < -0.39 is 41.8 Å². The Balaban J connectivity index is 1.60. The van der Waals surface area contributed by atoms with Crippen molar-refractivity contribution in [1.29, 1.82) is 0 Å². The lowest BCUT2D eigenvalue weighted by Crippen LogP contribution is -2.25. The van der Waals surface area contributed by atoms with Gasteiger partial charge in [0.05, 0.1) is 30.4 Å². The second-order valence-corrected chi connectivity index (χ2v) is 9.95. The average Bonchev–Trinajstić information content (AvgIpc) is 3.29. The topological polar surface area (TPSA) is 99.1 Å². The predicted octanol–water partition coefficient (Wildman–Crippen LogP) is 5.39. The number of benzene rings is 3. The van der Waals surface area contributed by atoms with Crippen LogP contribution in [0, 0.1) is 13.8 Å². The van der Waals surface area contributed by atoms with Gasteiger partial charge in [0, 0.05) is 30.8 Å². The third kappa shape index (κ3) is 6.93. The number of nitrogens with one attached hydrogen (secondary N) is 1. The maximum Gasteiger partial charge on any atom is 0.418 e. The van der Waals surface area contributed by atoms with Crippen molar-refractivity contribution in [2.75, 3.05) is 29.9 Å². The van der Waals surface area contributed by atoms with Crippen LogP contribution in [0.4, 0.5) is 24.5 Å². The lowest BCUT2D eigenvalue weighted by Gasteiger charge is -2.25. The summed E-state index contributed by atoms with van der Waals surface area (Å²) in [6.07, 6.45) is -5.04. The molecule has 1 heterocycles. The van der Waals surface area contributed by atoms with Crippen LogP contribution in [-0.4, -0.2) is 47.9 Å². The van der Waals surface area contributed by atoms with Gasteiger partial charge in [-0.3, -0.25) is 9.59 Å². The fourth-order valence-corrected chi connectivity index (χ4v) is 5.01. The number of β-amino-alcohol motifs (C(OH)–C–C–N with tert-alkyl or cyclic N) is 1. The van der Waals surface area contributed by atoms with Crippen molar-refractivity contribution >= 4 is 23.3 Å². The summed E-state index contributed by atoms with van der Waals surface area (Å²) in [4.78, 5) is 26.3. The number of carboxylic acids is 1. The number of halogens is 3. The molecular weight excluding hydrogens is 525 g/mol. The number of hydrogen-bond acceptors (Lipinski definition) is 5. The minimum Gasteiger partial charge on any atom is -0.493 e. The highest BCUT2D eigenvalue weighted by molar-refractivity contribution is 6.07. The number of hydrogen-bond donors (Lipinski definition) is 3. The molecule has 0 saturated carbocycles. The number of ether oxygens (including phenoxy) is 1. The Bertz CT molecular complexity index is 1370. The van der Waals surface area contributed by atoms with Crippen molar-refractivity contribution < 1.29 is 37.7 Å². The second-order valence-electron chi connectivity index (χ2n) is 9.95. The molecule has 0 unspecified atom stereocenters. The number of aryl methyl sites for hydroxylation is 2. The number of carboxylic acid groups (broad SMARTS) is 1. The van der Waals surface area contributed by atoms with Gasteiger partial charge >= 0.3 is 12.1 Å². The Morgan fingerprint density at radius 1 is 1.07 bits per heavy atom. The summed E-state index contributed by atoms with van der Waals surface area (Å²) >= 11 is 0. The molecule has 0 bridgehead atoms. The third-order valence-corrected chi connectivity index (χ3v) is 6.85. The maximum absolute atomic E-state index is 14.1. The smallest absolute Gasteiger partial charge is 0.418 e. The third-order valence-electron chi connectivity index (χ3n) is 6.85. The van der Waals surface area contributed by atoms with Crippen molar-refractivity contribution in [1.82, 2.24) is 0 Å². The van der Waals surface area contributed by atoms with Crippen molar-refractivity contribution in [2.24, 2.45) is 0 Å². The van der Waals surface area contributed by atoms with Gasteiger partial charge < -0.3 is 25.2 Å². The number of alkyl halides is 3. The molecule has 1 aliphatic rings. The Kier molecular flexibility index (Phi) is 8.68. The van der Waals surface area contributed by atoms with Crippen LogP contribution in [0.2, 0.25) is 0 Å². The number of carbonyl (C=O) groups excluding carboxylic acids is 1. The zero-order valence-electron chi connectivity index (χ0n) is 22.2. The number of nitrogens with zero attached hydrogens (tertiary/aromatic N) is 1. The number of aliphatic carboxylic acids is 1. The summed E-state index contributed by atoms with van der Waals surface area (Å²) in [5, 5.41) is 21.7. The summed E-state index contributed by atoms with van der Waals surface area (Å²) in [5.74, 6) is -1.44. The van der Waals surface area contributed by atoms with Crippen molar-refractivity contribution in [3.63, 3.8) is 0 Å². The zero-order chi connectivity index (χ0) is 29.0. The summed E-state index contributed by atoms with van der Waals surface area (Å²) in [6, 6.07) is 15.0. The molecule has 3 N–H and O–H groups in total. The molecule has 212 valence electrons. The van der Waals surface area contributed by atoms with E-state index in [2.05, 4.69) is 5.32 Å². The molecular formula is C30H31F3N2O5. The number of carbonyl (C=O) groups is 2. The summed E-state index contributed by atoms with van der Waals surface area (Å²) in [7, 11) is 0. The molecule has 1 amide bonds. The van der Waals surface area contributed by atoms with Gasteiger partial charge in [-0.15, -0.1) is 0 Å². The van der Waals surface area contributed by atoms with Crippen LogP contribution in [0.3, 0.4) is 0 Å². The Labute approximate surface area is 230 Å². The Morgan fingerprint density at radius 3 is 2.33 bits per heavy atom. The maximum atomic E-state index is 14.1. The van der Waals surface area contributed by atoms with Crippen LogP contribution in [-0.2, 0) is 23.8 Å². The predicted molar refractivity (Wildman–Crippen MR) is 145 cm³/mol. The van der Waals surface area contributed by atoms with Crippen LogP contribution in [0.15, 0.2) is 54.6 Å². The van der Waals surface area contributed by atoms with Gasteiger partial charge in [-0.25, -0.2) is 0 Å². The first-order valence-electron chi connectivity index (χ1n) is 12.9. The first kappa shape index (κ1) is 28.9. The van der Waals surface area contributed by atoms with Crippen LogP contribution >= 0.6 is 0 Å². The molecule has 10 heteroatoms. The van der Waals surface area contributed by atoms with Crippen molar-refractivity contribution in [2.45, 2.75) is 45.4 Å². The molecule has 0 aliphatic carbocycles. The van der Waals surface area contributed by atoms with Crippen LogP contribution in [0.25, 0.3) is 0 Å². The molecule has 1 atom stereocenters. The van der Waals surface area contributed by atoms with Gasteiger partial charge in [0.15, 0.2) is 0 Å². The van der Waals surface area contributed by atoms with Crippen LogP contribution < -0.4 is 15.0 Å². The van der Waals surface area contributed by atoms with Gasteiger partial charge in [-0.1, -0.05) is 30.3 Å². The molecule has 0 aromatic heterocycles. The number of aliphatic hydroxyl groups excluding tert-OH is 1. The Hall–Kier alpha value is -4.05. The molecule has 7 nitrogen and oxygen atoms in total. The molecule has 0 spiro atoms. The summed E-state index contributed by atoms with van der Waals surface area (Å²) in [6.45, 7) is 4.14. The van der Waals surface area contributed by atoms with Crippen molar-refractivity contribution in [3.05, 3.63) is 88.0 Å². The first-order chi connectivity index (χ1) is 18.9. The normalized spacial score (nSPS) is 15.2. The van der Waals surface area contributed by atoms with E-state index in [4.69, 9.17) is 4.74 Å². The molecule has 40 heavy (non-hydrogen) atoms. The molecule has 1 fully saturated rings. The molecule has 3 aromatic carbocycles. The highest BCUT2D eigenvalue weighted by Crippen LogP contribution is 2.40. The highest BCUT2D eigenvalue weighted by Gasteiger charge is 2.37. The highest BCUT2D eigenvalue weighted by atomic mass is 19.4. The Morgan fingerprint density at radius 2 is 1.75 bits per heavy atom. The fraction of sp³-hybridized carbons (Fsp3) is 0.333. The number of amides is 1. The van der Waals surface area contributed by atoms with Crippen LogP contribution in [0.1, 0.15) is 44.6 Å². The monoisotopic (exact) mass is 556 g/mol. The van der Waals surface area contributed by atoms with E-state index in [0.29, 0.717) is 36.3 Å². The van der Waals surface area contributed by atoms with E-state index in [1.54, 1.807) is 26.0 Å². The van der Waals surface area contributed by atoms with Crippen molar-refractivity contribution in [3.8, 4) is 5.75 Å². The van der Waals surface area contributed by atoms with Gasteiger partial charge in [0.25, 0.3) is 5.91 Å². The van der Waals surface area contributed by atoms with Gasteiger partial charge in [0.2, 0.25) is 0 Å². The number of aliphatic hydroxyl groups is 1. The zero-order valence-corrected chi connectivity index (χ0v) is 22.2. The average molecular weight is 557 g/mol. The van der Waals surface area contributed by atoms with Gasteiger partial charge in [0.1, 0.15) is 5.75 Å². The van der Waals surface area contributed by atoms with Crippen LogP contribution in [0.5, 0.6) is 5.75 Å². The first-order valence-corrected chi connectivity index (χ1v) is 12.9. The molecule has 1 aliphatic heterocycles. The molecule has 4 rings (SSSR count). The molecule has 3 aromatic rings. The second kappa shape index (κ2) is 12.0.